The van der Waals surface area contributed by atoms with Gasteiger partial charge in [-0.15, -0.1) is 24.0 Å². The van der Waals surface area contributed by atoms with Gasteiger partial charge in [-0.2, -0.15) is 0 Å². The Morgan fingerprint density at radius 2 is 1.80 bits per heavy atom. The lowest BCUT2D eigenvalue weighted by atomic mass is 9.95. The first-order valence-corrected chi connectivity index (χ1v) is 10.7. The van der Waals surface area contributed by atoms with Gasteiger partial charge in [0.1, 0.15) is 12.1 Å². The van der Waals surface area contributed by atoms with Crippen molar-refractivity contribution in [1.82, 2.24) is 20.9 Å². The number of piperidine rings is 1. The van der Waals surface area contributed by atoms with Crippen LogP contribution in [0.1, 0.15) is 67.7 Å². The van der Waals surface area contributed by atoms with Crippen LogP contribution in [-0.2, 0) is 9.53 Å². The summed E-state index contributed by atoms with van der Waals surface area (Å²) in [5, 5.41) is 9.36. The summed E-state index contributed by atoms with van der Waals surface area (Å²) in [5.41, 5.74) is -0.735. The van der Waals surface area contributed by atoms with Crippen LogP contribution in [0.2, 0.25) is 0 Å². The third kappa shape index (κ3) is 13.1. The highest BCUT2D eigenvalue weighted by molar-refractivity contribution is 14.0. The molecule has 1 saturated heterocycles. The predicted octanol–water partition coefficient (Wildman–Crippen LogP) is 3.11. The van der Waals surface area contributed by atoms with Crippen molar-refractivity contribution in [3.63, 3.8) is 0 Å². The van der Waals surface area contributed by atoms with Gasteiger partial charge in [-0.05, 0) is 73.6 Å². The summed E-state index contributed by atoms with van der Waals surface area (Å²) < 4.78 is 5.49. The van der Waals surface area contributed by atoms with Crippen LogP contribution >= 0.6 is 24.0 Å². The largest absolute Gasteiger partial charge is 0.444 e. The fourth-order valence-electron chi connectivity index (χ4n) is 3.14. The van der Waals surface area contributed by atoms with Crippen LogP contribution in [0.5, 0.6) is 0 Å². The molecule has 176 valence electrons. The number of hydrogen-bond donors (Lipinski definition) is 3. The number of nitrogens with zero attached hydrogens (tertiary/aromatic N) is 2. The highest BCUT2D eigenvalue weighted by Gasteiger charge is 2.27. The monoisotopic (exact) mass is 539 g/mol. The predicted molar refractivity (Wildman–Crippen MR) is 132 cm³/mol. The van der Waals surface area contributed by atoms with Gasteiger partial charge >= 0.3 is 6.09 Å². The van der Waals surface area contributed by atoms with Crippen molar-refractivity contribution < 1.29 is 14.3 Å². The molecule has 1 aliphatic heterocycles. The minimum Gasteiger partial charge on any atom is -0.444 e. The molecule has 0 aromatic heterocycles. The SMILES string of the molecule is CCNC(=NCC(=O)NC(C)(C)C)NCCC1CCCN(C(=O)OC(C)(C)C)C1.I. The van der Waals surface area contributed by atoms with Crippen molar-refractivity contribution in [1.29, 1.82) is 0 Å². The Hall–Kier alpha value is -1.26. The summed E-state index contributed by atoms with van der Waals surface area (Å²) in [4.78, 5) is 30.4. The highest BCUT2D eigenvalue weighted by atomic mass is 127. The Kier molecular flexibility index (Phi) is 12.7. The Labute approximate surface area is 199 Å². The van der Waals surface area contributed by atoms with E-state index in [4.69, 9.17) is 4.74 Å². The number of hydrogen-bond acceptors (Lipinski definition) is 4. The molecule has 0 spiro atoms. The average molecular weight is 540 g/mol. The molecule has 9 heteroatoms. The molecule has 30 heavy (non-hydrogen) atoms. The third-order valence-corrected chi connectivity index (χ3v) is 4.26. The van der Waals surface area contributed by atoms with Gasteiger partial charge in [-0.1, -0.05) is 0 Å². The van der Waals surface area contributed by atoms with E-state index < -0.39 is 5.60 Å². The van der Waals surface area contributed by atoms with E-state index in [-0.39, 0.29) is 48.1 Å². The van der Waals surface area contributed by atoms with Crippen LogP contribution in [0.15, 0.2) is 4.99 Å². The van der Waals surface area contributed by atoms with Gasteiger partial charge in [0.15, 0.2) is 5.96 Å². The summed E-state index contributed by atoms with van der Waals surface area (Å²) >= 11 is 0. The topological polar surface area (TPSA) is 95.1 Å². The highest BCUT2D eigenvalue weighted by Crippen LogP contribution is 2.21. The maximum Gasteiger partial charge on any atom is 0.410 e. The standard InChI is InChI=1S/C21H41N5O3.HI/c1-8-22-18(24-14-17(27)25-20(2,3)4)23-12-11-16-10-9-13-26(15-16)19(28)29-21(5,6)7;/h16H,8-15H2,1-7H3,(H,25,27)(H2,22,23,24);1H. The number of likely N-dealkylation sites (tertiary alicyclic amines) is 1. The maximum absolute atomic E-state index is 12.3. The fourth-order valence-corrected chi connectivity index (χ4v) is 3.14. The van der Waals surface area contributed by atoms with Crippen molar-refractivity contribution >= 4 is 41.9 Å². The quantitative estimate of drug-likeness (QED) is 0.274. The number of amides is 2. The zero-order valence-corrected chi connectivity index (χ0v) is 22.1. The molecule has 3 N–H and O–H groups in total. The van der Waals surface area contributed by atoms with Gasteiger partial charge in [0.05, 0.1) is 0 Å². The Bertz CT molecular complexity index is 570. The van der Waals surface area contributed by atoms with E-state index in [9.17, 15) is 9.59 Å². The zero-order chi connectivity index (χ0) is 22.1. The summed E-state index contributed by atoms with van der Waals surface area (Å²) in [5.74, 6) is 0.960. The third-order valence-electron chi connectivity index (χ3n) is 4.26. The van der Waals surface area contributed by atoms with Gasteiger partial charge in [0, 0.05) is 31.7 Å². The lowest BCUT2D eigenvalue weighted by Gasteiger charge is -2.34. The molecule has 0 aromatic carbocycles. The second kappa shape index (κ2) is 13.2. The molecule has 0 aromatic rings. The number of rotatable bonds is 6. The maximum atomic E-state index is 12.3. The van der Waals surface area contributed by atoms with E-state index in [0.29, 0.717) is 11.9 Å². The van der Waals surface area contributed by atoms with Crippen molar-refractivity contribution in [3.8, 4) is 0 Å². The minimum absolute atomic E-state index is 0. The number of nitrogens with one attached hydrogen (secondary N) is 3. The second-order valence-electron chi connectivity index (χ2n) is 9.64. The number of carbonyl (C=O) groups is 2. The molecule has 1 fully saturated rings. The molecule has 1 aliphatic rings. The van der Waals surface area contributed by atoms with Gasteiger partial charge in [-0.25, -0.2) is 9.79 Å². The Balaban J connectivity index is 0.00000841. The normalized spacial score (nSPS) is 17.6. The number of ether oxygens (including phenoxy) is 1. The van der Waals surface area contributed by atoms with Crippen LogP contribution in [0, 0.1) is 5.92 Å². The van der Waals surface area contributed by atoms with Crippen molar-refractivity contribution in [2.45, 2.75) is 78.9 Å². The van der Waals surface area contributed by atoms with Crippen molar-refractivity contribution in [2.75, 3.05) is 32.7 Å². The van der Waals surface area contributed by atoms with Crippen LogP contribution in [0.25, 0.3) is 0 Å². The molecule has 0 radical (unpaired) electrons. The van der Waals surface area contributed by atoms with Gasteiger partial charge in [0.25, 0.3) is 0 Å². The van der Waals surface area contributed by atoms with E-state index in [2.05, 4.69) is 20.9 Å². The van der Waals surface area contributed by atoms with E-state index >= 15 is 0 Å². The molecule has 1 heterocycles. The van der Waals surface area contributed by atoms with Gasteiger partial charge in [-0.3, -0.25) is 4.79 Å². The van der Waals surface area contributed by atoms with Crippen molar-refractivity contribution in [2.24, 2.45) is 10.9 Å². The number of guanidine groups is 1. The molecular formula is C21H42IN5O3. The number of carbonyl (C=O) groups excluding carboxylic acids is 2. The number of aliphatic imine (C=N–C) groups is 1. The van der Waals surface area contributed by atoms with Crippen LogP contribution < -0.4 is 16.0 Å². The molecule has 0 saturated carbocycles. The average Bonchev–Trinajstić information content (AvgIpc) is 2.57. The van der Waals surface area contributed by atoms with Crippen molar-refractivity contribution in [3.05, 3.63) is 0 Å². The molecule has 2 amide bonds. The molecule has 1 unspecified atom stereocenters. The molecule has 1 rings (SSSR count). The first-order chi connectivity index (χ1) is 13.4. The summed E-state index contributed by atoms with van der Waals surface area (Å²) in [6.45, 7) is 16.5. The Morgan fingerprint density at radius 3 is 2.37 bits per heavy atom. The van der Waals surface area contributed by atoms with E-state index in [1.165, 1.54) is 0 Å². The first kappa shape index (κ1) is 28.7. The molecular weight excluding hydrogens is 497 g/mol. The molecule has 0 aliphatic carbocycles. The molecule has 1 atom stereocenters. The molecule has 0 bridgehead atoms. The summed E-state index contributed by atoms with van der Waals surface area (Å²) in [6, 6.07) is 0. The molecule has 8 nitrogen and oxygen atoms in total. The fraction of sp³-hybridized carbons (Fsp3) is 0.857. The second-order valence-corrected chi connectivity index (χ2v) is 9.64. The van der Waals surface area contributed by atoms with E-state index in [0.717, 1.165) is 45.4 Å². The van der Waals surface area contributed by atoms with Crippen LogP contribution in [0.3, 0.4) is 0 Å². The summed E-state index contributed by atoms with van der Waals surface area (Å²) in [7, 11) is 0. The van der Waals surface area contributed by atoms with E-state index in [1.807, 2.05) is 53.4 Å². The first-order valence-electron chi connectivity index (χ1n) is 10.7. The minimum atomic E-state index is -0.470. The number of halogens is 1. The van der Waals surface area contributed by atoms with Gasteiger partial charge in [0.2, 0.25) is 5.91 Å². The summed E-state index contributed by atoms with van der Waals surface area (Å²) in [6.07, 6.45) is 2.79. The lowest BCUT2D eigenvalue weighted by Crippen LogP contribution is -2.44. The lowest BCUT2D eigenvalue weighted by molar-refractivity contribution is -0.121. The van der Waals surface area contributed by atoms with E-state index in [1.54, 1.807) is 0 Å². The van der Waals surface area contributed by atoms with Crippen LogP contribution in [0.4, 0.5) is 4.79 Å². The van der Waals surface area contributed by atoms with Crippen LogP contribution in [-0.4, -0.2) is 66.7 Å². The zero-order valence-electron chi connectivity index (χ0n) is 19.8. The Morgan fingerprint density at radius 1 is 1.13 bits per heavy atom. The van der Waals surface area contributed by atoms with Gasteiger partial charge < -0.3 is 25.6 Å². The smallest absolute Gasteiger partial charge is 0.410 e.